The second-order valence-electron chi connectivity index (χ2n) is 3.92. The van der Waals surface area contributed by atoms with Crippen molar-refractivity contribution in [2.45, 2.75) is 19.9 Å². The molecule has 0 fully saturated rings. The lowest BCUT2D eigenvalue weighted by atomic mass is 10.2. The number of aromatic nitrogens is 1. The largest absolute Gasteiger partial charge is 0.494 e. The highest BCUT2D eigenvalue weighted by atomic mass is 16.5. The molecule has 0 aliphatic carbocycles. The Bertz CT molecular complexity index is 476. The zero-order valence-electron chi connectivity index (χ0n) is 10.0. The second-order valence-corrected chi connectivity index (χ2v) is 3.92. The number of aromatic amines is 1. The topological polar surface area (TPSA) is 37.0 Å². The summed E-state index contributed by atoms with van der Waals surface area (Å²) in [5, 5.41) is 4.42. The molecule has 3 nitrogen and oxygen atoms in total. The molecule has 0 bridgehead atoms. The predicted molar refractivity (Wildman–Crippen MR) is 66.9 cm³/mol. The van der Waals surface area contributed by atoms with Crippen LogP contribution in [0.2, 0.25) is 0 Å². The SMILES string of the molecule is CCOc1ccc2[nH]c(C(C)NC)cc2c1. The quantitative estimate of drug-likeness (QED) is 0.828. The standard InChI is InChI=1S/C13H18N2O/c1-4-16-11-5-6-12-10(7-11)8-13(15-12)9(2)14-3/h5-9,14-15H,4H2,1-3H3. The van der Waals surface area contributed by atoms with E-state index in [-0.39, 0.29) is 0 Å². The predicted octanol–water partition coefficient (Wildman–Crippen LogP) is 2.85. The molecule has 0 radical (unpaired) electrons. The Morgan fingerprint density at radius 1 is 1.38 bits per heavy atom. The summed E-state index contributed by atoms with van der Waals surface area (Å²) in [6.45, 7) is 4.83. The van der Waals surface area contributed by atoms with Gasteiger partial charge in [-0.25, -0.2) is 0 Å². The Morgan fingerprint density at radius 3 is 2.88 bits per heavy atom. The summed E-state index contributed by atoms with van der Waals surface area (Å²) in [5.74, 6) is 0.928. The fourth-order valence-corrected chi connectivity index (χ4v) is 1.78. The van der Waals surface area contributed by atoms with E-state index in [0.717, 1.165) is 11.3 Å². The molecule has 0 aliphatic heterocycles. The van der Waals surface area contributed by atoms with Gasteiger partial charge in [0, 0.05) is 22.6 Å². The van der Waals surface area contributed by atoms with Gasteiger partial charge in [0.25, 0.3) is 0 Å². The summed E-state index contributed by atoms with van der Waals surface area (Å²) in [6, 6.07) is 8.63. The molecule has 2 rings (SSSR count). The van der Waals surface area contributed by atoms with Gasteiger partial charge in [-0.3, -0.25) is 0 Å². The van der Waals surface area contributed by atoms with Crippen molar-refractivity contribution in [2.75, 3.05) is 13.7 Å². The highest BCUT2D eigenvalue weighted by Gasteiger charge is 2.07. The minimum Gasteiger partial charge on any atom is -0.494 e. The van der Waals surface area contributed by atoms with Crippen molar-refractivity contribution in [3.8, 4) is 5.75 Å². The minimum atomic E-state index is 0.336. The summed E-state index contributed by atoms with van der Waals surface area (Å²) < 4.78 is 5.48. The average Bonchev–Trinajstić information content (AvgIpc) is 2.71. The van der Waals surface area contributed by atoms with Crippen LogP contribution in [0.15, 0.2) is 24.3 Å². The lowest BCUT2D eigenvalue weighted by molar-refractivity contribution is 0.341. The van der Waals surface area contributed by atoms with Crippen LogP contribution in [0, 0.1) is 0 Å². The van der Waals surface area contributed by atoms with E-state index < -0.39 is 0 Å². The Labute approximate surface area is 95.8 Å². The number of rotatable bonds is 4. The molecule has 2 aromatic rings. The van der Waals surface area contributed by atoms with E-state index in [4.69, 9.17) is 4.74 Å². The second kappa shape index (κ2) is 4.58. The van der Waals surface area contributed by atoms with Gasteiger partial charge in [-0.1, -0.05) is 0 Å². The van der Waals surface area contributed by atoms with Crippen molar-refractivity contribution >= 4 is 10.9 Å². The molecule has 86 valence electrons. The third-order valence-electron chi connectivity index (χ3n) is 2.82. The summed E-state index contributed by atoms with van der Waals surface area (Å²) in [5.41, 5.74) is 2.35. The zero-order valence-corrected chi connectivity index (χ0v) is 10.0. The summed E-state index contributed by atoms with van der Waals surface area (Å²) >= 11 is 0. The van der Waals surface area contributed by atoms with Gasteiger partial charge in [0.1, 0.15) is 5.75 Å². The van der Waals surface area contributed by atoms with E-state index in [1.54, 1.807) is 0 Å². The average molecular weight is 218 g/mol. The maximum Gasteiger partial charge on any atom is 0.120 e. The normalized spacial score (nSPS) is 12.9. The van der Waals surface area contributed by atoms with Gasteiger partial charge in [0.2, 0.25) is 0 Å². The van der Waals surface area contributed by atoms with Crippen LogP contribution in [0.4, 0.5) is 0 Å². The highest BCUT2D eigenvalue weighted by molar-refractivity contribution is 5.82. The fourth-order valence-electron chi connectivity index (χ4n) is 1.78. The molecule has 1 heterocycles. The van der Waals surface area contributed by atoms with E-state index >= 15 is 0 Å². The number of hydrogen-bond donors (Lipinski definition) is 2. The highest BCUT2D eigenvalue weighted by Crippen LogP contribution is 2.24. The molecule has 1 unspecified atom stereocenters. The van der Waals surface area contributed by atoms with Crippen LogP contribution < -0.4 is 10.1 Å². The van der Waals surface area contributed by atoms with Crippen LogP contribution in [0.1, 0.15) is 25.6 Å². The molecular weight excluding hydrogens is 200 g/mol. The van der Waals surface area contributed by atoms with Crippen molar-refractivity contribution in [3.05, 3.63) is 30.0 Å². The first-order valence-corrected chi connectivity index (χ1v) is 5.67. The van der Waals surface area contributed by atoms with E-state index in [2.05, 4.69) is 35.4 Å². The molecule has 1 aromatic heterocycles. The first kappa shape index (κ1) is 11.0. The molecule has 2 N–H and O–H groups in total. The van der Waals surface area contributed by atoms with Gasteiger partial charge in [0.05, 0.1) is 6.61 Å². The van der Waals surface area contributed by atoms with E-state index in [0.29, 0.717) is 12.6 Å². The van der Waals surface area contributed by atoms with Crippen LogP contribution in [0.5, 0.6) is 5.75 Å². The molecule has 1 aromatic carbocycles. The van der Waals surface area contributed by atoms with Crippen molar-refractivity contribution in [3.63, 3.8) is 0 Å². The molecule has 0 saturated heterocycles. The summed E-state index contributed by atoms with van der Waals surface area (Å²) in [6.07, 6.45) is 0. The molecule has 3 heteroatoms. The van der Waals surface area contributed by atoms with Gasteiger partial charge in [0.15, 0.2) is 0 Å². The van der Waals surface area contributed by atoms with E-state index in [9.17, 15) is 0 Å². The molecule has 1 atom stereocenters. The number of benzene rings is 1. The number of ether oxygens (including phenoxy) is 1. The van der Waals surface area contributed by atoms with E-state index in [1.807, 2.05) is 20.0 Å². The molecular formula is C13H18N2O. The monoisotopic (exact) mass is 218 g/mol. The number of hydrogen-bond acceptors (Lipinski definition) is 2. The van der Waals surface area contributed by atoms with Gasteiger partial charge < -0.3 is 15.0 Å². The third-order valence-corrected chi connectivity index (χ3v) is 2.82. The van der Waals surface area contributed by atoms with Gasteiger partial charge >= 0.3 is 0 Å². The van der Waals surface area contributed by atoms with Gasteiger partial charge in [-0.05, 0) is 45.2 Å². The first-order valence-electron chi connectivity index (χ1n) is 5.67. The van der Waals surface area contributed by atoms with Crippen LogP contribution in [-0.2, 0) is 0 Å². The number of nitrogens with one attached hydrogen (secondary N) is 2. The van der Waals surface area contributed by atoms with Crippen LogP contribution in [-0.4, -0.2) is 18.6 Å². The maximum absolute atomic E-state index is 5.48. The fraction of sp³-hybridized carbons (Fsp3) is 0.385. The lowest BCUT2D eigenvalue weighted by Gasteiger charge is -2.05. The maximum atomic E-state index is 5.48. The Balaban J connectivity index is 2.38. The lowest BCUT2D eigenvalue weighted by Crippen LogP contribution is -2.12. The summed E-state index contributed by atoms with van der Waals surface area (Å²) in [4.78, 5) is 3.40. The Morgan fingerprint density at radius 2 is 2.19 bits per heavy atom. The number of fused-ring (bicyclic) bond motifs is 1. The zero-order chi connectivity index (χ0) is 11.5. The molecule has 0 amide bonds. The Kier molecular flexibility index (Phi) is 3.15. The van der Waals surface area contributed by atoms with Crippen LogP contribution >= 0.6 is 0 Å². The van der Waals surface area contributed by atoms with Crippen molar-refractivity contribution in [1.29, 1.82) is 0 Å². The van der Waals surface area contributed by atoms with Crippen LogP contribution in [0.3, 0.4) is 0 Å². The van der Waals surface area contributed by atoms with Crippen LogP contribution in [0.25, 0.3) is 10.9 Å². The molecule has 0 aliphatic rings. The number of H-pyrrole nitrogens is 1. The molecule has 16 heavy (non-hydrogen) atoms. The minimum absolute atomic E-state index is 0.336. The van der Waals surface area contributed by atoms with Crippen molar-refractivity contribution in [2.24, 2.45) is 0 Å². The van der Waals surface area contributed by atoms with Gasteiger partial charge in [-0.15, -0.1) is 0 Å². The Hall–Kier alpha value is -1.48. The molecule has 0 spiro atoms. The smallest absolute Gasteiger partial charge is 0.120 e. The van der Waals surface area contributed by atoms with E-state index in [1.165, 1.54) is 11.1 Å². The van der Waals surface area contributed by atoms with Crippen molar-refractivity contribution in [1.82, 2.24) is 10.3 Å². The first-order chi connectivity index (χ1) is 7.74. The third kappa shape index (κ3) is 2.04. The van der Waals surface area contributed by atoms with Gasteiger partial charge in [-0.2, -0.15) is 0 Å². The molecule has 0 saturated carbocycles. The summed E-state index contributed by atoms with van der Waals surface area (Å²) in [7, 11) is 1.96. The van der Waals surface area contributed by atoms with Crippen molar-refractivity contribution < 1.29 is 4.74 Å².